The van der Waals surface area contributed by atoms with Gasteiger partial charge in [-0.3, -0.25) is 14.0 Å². The highest BCUT2D eigenvalue weighted by Gasteiger charge is 2.50. The molecular weight excluding hydrogens is 376 g/mol. The number of fused-ring (bicyclic) bond motifs is 1. The summed E-state index contributed by atoms with van der Waals surface area (Å²) < 4.78 is 1.82. The zero-order valence-corrected chi connectivity index (χ0v) is 17.8. The molecule has 4 bridgehead atoms. The highest BCUT2D eigenvalue weighted by Crippen LogP contribution is 2.59. The van der Waals surface area contributed by atoms with E-state index in [1.807, 2.05) is 35.7 Å². The van der Waals surface area contributed by atoms with Gasteiger partial charge in [-0.05, 0) is 80.2 Å². The van der Waals surface area contributed by atoms with Crippen LogP contribution in [0.1, 0.15) is 68.1 Å². The highest BCUT2D eigenvalue weighted by molar-refractivity contribution is 5.93. The molecule has 2 aromatic heterocycles. The van der Waals surface area contributed by atoms with Gasteiger partial charge in [0.15, 0.2) is 0 Å². The average Bonchev–Trinajstić information content (AvgIpc) is 3.12. The Morgan fingerprint density at radius 1 is 1.10 bits per heavy atom. The molecule has 2 N–H and O–H groups in total. The minimum absolute atomic E-state index is 0.0342. The van der Waals surface area contributed by atoms with Crippen molar-refractivity contribution in [2.24, 2.45) is 23.2 Å². The molecule has 160 valence electrons. The van der Waals surface area contributed by atoms with Gasteiger partial charge in [0.1, 0.15) is 11.3 Å². The second kappa shape index (κ2) is 7.71. The second-order valence-electron chi connectivity index (χ2n) is 10.00. The summed E-state index contributed by atoms with van der Waals surface area (Å²) in [6, 6.07) is 5.58. The number of carbonyl (C=O) groups excluding carboxylic acids is 2. The molecular formula is C24H32N4O2. The van der Waals surface area contributed by atoms with Crippen LogP contribution in [-0.4, -0.2) is 34.3 Å². The van der Waals surface area contributed by atoms with E-state index >= 15 is 0 Å². The van der Waals surface area contributed by atoms with Crippen LogP contribution in [-0.2, 0) is 11.2 Å². The molecule has 0 spiro atoms. The minimum Gasteiger partial charge on any atom is -0.356 e. The summed E-state index contributed by atoms with van der Waals surface area (Å²) in [5.74, 6) is 2.56. The fourth-order valence-electron chi connectivity index (χ4n) is 6.69. The molecule has 4 aliphatic carbocycles. The summed E-state index contributed by atoms with van der Waals surface area (Å²) >= 11 is 0. The monoisotopic (exact) mass is 408 g/mol. The second-order valence-corrected chi connectivity index (χ2v) is 10.00. The average molecular weight is 409 g/mol. The lowest BCUT2D eigenvalue weighted by Gasteiger charge is -2.56. The van der Waals surface area contributed by atoms with Crippen LogP contribution in [0.25, 0.3) is 5.65 Å². The lowest BCUT2D eigenvalue weighted by atomic mass is 9.49. The summed E-state index contributed by atoms with van der Waals surface area (Å²) in [6.07, 6.45) is 11.0. The van der Waals surface area contributed by atoms with Crippen LogP contribution >= 0.6 is 0 Å². The first kappa shape index (κ1) is 19.6. The van der Waals surface area contributed by atoms with Crippen LogP contribution < -0.4 is 10.6 Å². The van der Waals surface area contributed by atoms with Crippen LogP contribution in [0.5, 0.6) is 0 Å². The van der Waals surface area contributed by atoms with E-state index < -0.39 is 0 Å². The van der Waals surface area contributed by atoms with Crippen molar-refractivity contribution in [3.05, 3.63) is 35.8 Å². The minimum atomic E-state index is -0.0456. The van der Waals surface area contributed by atoms with E-state index in [9.17, 15) is 9.59 Å². The van der Waals surface area contributed by atoms with Gasteiger partial charge < -0.3 is 10.6 Å². The third-order valence-electron chi connectivity index (χ3n) is 7.48. The Bertz CT molecular complexity index is 928. The molecule has 0 unspecified atom stereocenters. The van der Waals surface area contributed by atoms with Crippen LogP contribution in [0.4, 0.5) is 0 Å². The van der Waals surface area contributed by atoms with Gasteiger partial charge in [0.25, 0.3) is 5.91 Å². The summed E-state index contributed by atoms with van der Waals surface area (Å²) in [6.45, 7) is 3.48. The van der Waals surface area contributed by atoms with E-state index in [2.05, 4.69) is 15.6 Å². The first-order valence-corrected chi connectivity index (χ1v) is 11.6. The zero-order valence-electron chi connectivity index (χ0n) is 17.8. The first-order valence-electron chi connectivity index (χ1n) is 11.6. The topological polar surface area (TPSA) is 75.5 Å². The third kappa shape index (κ3) is 3.72. The number of amides is 2. The van der Waals surface area contributed by atoms with Gasteiger partial charge in [-0.25, -0.2) is 4.98 Å². The number of carbonyl (C=O) groups is 2. The van der Waals surface area contributed by atoms with Gasteiger partial charge in [0.2, 0.25) is 5.91 Å². The third-order valence-corrected chi connectivity index (χ3v) is 7.48. The molecule has 2 amide bonds. The molecule has 4 fully saturated rings. The van der Waals surface area contributed by atoms with Crippen molar-refractivity contribution in [3.8, 4) is 0 Å². The van der Waals surface area contributed by atoms with Crippen molar-refractivity contribution in [1.82, 2.24) is 20.0 Å². The number of hydrogen-bond acceptors (Lipinski definition) is 3. The number of hydrogen-bond donors (Lipinski definition) is 2. The van der Waals surface area contributed by atoms with Crippen molar-refractivity contribution in [2.45, 2.75) is 58.3 Å². The maximum atomic E-state index is 13.1. The van der Waals surface area contributed by atoms with Crippen LogP contribution in [0, 0.1) is 23.2 Å². The molecule has 0 saturated heterocycles. The Hall–Kier alpha value is -2.37. The Balaban J connectivity index is 1.28. The number of imidazole rings is 1. The fraction of sp³-hybridized carbons (Fsp3) is 0.625. The lowest BCUT2D eigenvalue weighted by molar-refractivity contribution is -0.120. The number of nitrogens with zero attached hydrogens (tertiary/aromatic N) is 2. The normalized spacial score (nSPS) is 29.3. The highest BCUT2D eigenvalue weighted by atomic mass is 16.2. The van der Waals surface area contributed by atoms with E-state index in [-0.39, 0.29) is 18.2 Å². The molecule has 0 radical (unpaired) electrons. The van der Waals surface area contributed by atoms with Crippen molar-refractivity contribution >= 4 is 17.5 Å². The van der Waals surface area contributed by atoms with Crippen LogP contribution in [0.15, 0.2) is 24.4 Å². The van der Waals surface area contributed by atoms with Crippen LogP contribution in [0.3, 0.4) is 0 Å². The van der Waals surface area contributed by atoms with Gasteiger partial charge in [0.05, 0.1) is 12.1 Å². The smallest absolute Gasteiger partial charge is 0.268 e. The lowest BCUT2D eigenvalue weighted by Crippen LogP contribution is -2.51. The van der Waals surface area contributed by atoms with Gasteiger partial charge in [-0.2, -0.15) is 0 Å². The van der Waals surface area contributed by atoms with Crippen molar-refractivity contribution in [1.29, 1.82) is 0 Å². The molecule has 2 aromatic rings. The Kier molecular flexibility index (Phi) is 5.03. The molecule has 0 aromatic carbocycles. The zero-order chi connectivity index (χ0) is 20.7. The Morgan fingerprint density at radius 3 is 2.47 bits per heavy atom. The van der Waals surface area contributed by atoms with Crippen LogP contribution in [0.2, 0.25) is 0 Å². The van der Waals surface area contributed by atoms with E-state index in [0.29, 0.717) is 29.0 Å². The molecule has 0 aliphatic heterocycles. The predicted molar refractivity (Wildman–Crippen MR) is 115 cm³/mol. The SMILES string of the molecule is CCCNC(=O)Cc1cn2c(C(=O)NCC34CC5CC(CC(C5)C3)C4)cccc2n1. The Morgan fingerprint density at radius 2 is 1.80 bits per heavy atom. The van der Waals surface area contributed by atoms with Crippen molar-refractivity contribution < 1.29 is 9.59 Å². The quantitative estimate of drug-likeness (QED) is 0.738. The summed E-state index contributed by atoms with van der Waals surface area (Å²) in [7, 11) is 0. The van der Waals surface area contributed by atoms with E-state index in [4.69, 9.17) is 0 Å². The Labute approximate surface area is 177 Å². The van der Waals surface area contributed by atoms with E-state index in [0.717, 1.165) is 30.7 Å². The maximum Gasteiger partial charge on any atom is 0.268 e. The molecule has 6 nitrogen and oxygen atoms in total. The number of rotatable bonds is 7. The molecule has 4 saturated carbocycles. The fourth-order valence-corrected chi connectivity index (χ4v) is 6.69. The largest absolute Gasteiger partial charge is 0.356 e. The molecule has 2 heterocycles. The van der Waals surface area contributed by atoms with Gasteiger partial charge in [-0.1, -0.05) is 13.0 Å². The van der Waals surface area contributed by atoms with Gasteiger partial charge in [0, 0.05) is 19.3 Å². The first-order chi connectivity index (χ1) is 14.5. The van der Waals surface area contributed by atoms with Gasteiger partial charge >= 0.3 is 0 Å². The molecule has 30 heavy (non-hydrogen) atoms. The maximum absolute atomic E-state index is 13.1. The molecule has 0 atom stereocenters. The van der Waals surface area contributed by atoms with E-state index in [1.165, 1.54) is 38.5 Å². The van der Waals surface area contributed by atoms with Gasteiger partial charge in [-0.15, -0.1) is 0 Å². The summed E-state index contributed by atoms with van der Waals surface area (Å²) in [5.41, 5.74) is 2.29. The number of pyridine rings is 1. The summed E-state index contributed by atoms with van der Waals surface area (Å²) in [4.78, 5) is 29.7. The summed E-state index contributed by atoms with van der Waals surface area (Å²) in [5, 5.41) is 6.14. The van der Waals surface area contributed by atoms with Crippen molar-refractivity contribution in [2.75, 3.05) is 13.1 Å². The van der Waals surface area contributed by atoms with Crippen molar-refractivity contribution in [3.63, 3.8) is 0 Å². The predicted octanol–water partition coefficient (Wildman–Crippen LogP) is 3.35. The molecule has 4 aliphatic rings. The molecule has 6 heteroatoms. The standard InChI is InChI=1S/C24H32N4O2/c1-2-6-25-22(29)10-19-14-28-20(4-3-5-21(28)27-19)23(30)26-15-24-11-16-7-17(12-24)9-18(8-16)13-24/h3-5,14,16-18H,2,6-13,15H2,1H3,(H,25,29)(H,26,30). The van der Waals surface area contributed by atoms with E-state index in [1.54, 1.807) is 0 Å². The molecule has 6 rings (SSSR count). The number of nitrogens with one attached hydrogen (secondary N) is 2. The number of aromatic nitrogens is 2.